The molecular weight excluding hydrogens is 260 g/mol. The molecule has 0 amide bonds. The number of nitrogens with zero attached hydrogens (tertiary/aromatic N) is 3. The second-order valence-corrected chi connectivity index (χ2v) is 5.82. The van der Waals surface area contributed by atoms with Crippen LogP contribution in [0.1, 0.15) is 29.5 Å². The molecule has 1 N–H and O–H groups in total. The van der Waals surface area contributed by atoms with Crippen LogP contribution in [-0.2, 0) is 6.54 Å². The SMILES string of the molecule is O=c1cc([C@@H]2CCCN(Cc3nccs3)C2)nc[nH]1. The summed E-state index contributed by atoms with van der Waals surface area (Å²) >= 11 is 1.69. The normalized spacial score (nSPS) is 20.5. The van der Waals surface area contributed by atoms with Gasteiger partial charge in [0.25, 0.3) is 5.56 Å². The van der Waals surface area contributed by atoms with Crippen molar-refractivity contribution in [3.8, 4) is 0 Å². The van der Waals surface area contributed by atoms with Crippen LogP contribution in [0.25, 0.3) is 0 Å². The summed E-state index contributed by atoms with van der Waals surface area (Å²) in [7, 11) is 0. The third kappa shape index (κ3) is 3.08. The van der Waals surface area contributed by atoms with Crippen molar-refractivity contribution in [1.29, 1.82) is 0 Å². The molecule has 19 heavy (non-hydrogen) atoms. The van der Waals surface area contributed by atoms with Crippen LogP contribution in [0.5, 0.6) is 0 Å². The standard InChI is InChI=1S/C13H16N4OS/c18-12-6-11(15-9-16-12)10-2-1-4-17(7-10)8-13-14-3-5-19-13/h3,5-6,9-10H,1-2,4,7-8H2,(H,15,16,18)/t10-/m1/s1. The molecule has 100 valence electrons. The van der Waals surface area contributed by atoms with E-state index in [1.807, 2.05) is 11.6 Å². The van der Waals surface area contributed by atoms with Gasteiger partial charge in [0.15, 0.2) is 0 Å². The molecule has 0 radical (unpaired) electrons. The lowest BCUT2D eigenvalue weighted by molar-refractivity contribution is 0.198. The van der Waals surface area contributed by atoms with Gasteiger partial charge in [0.2, 0.25) is 0 Å². The number of nitrogens with one attached hydrogen (secondary N) is 1. The highest BCUT2D eigenvalue weighted by Crippen LogP contribution is 2.25. The van der Waals surface area contributed by atoms with E-state index < -0.39 is 0 Å². The van der Waals surface area contributed by atoms with E-state index in [-0.39, 0.29) is 5.56 Å². The van der Waals surface area contributed by atoms with Crippen LogP contribution in [0.3, 0.4) is 0 Å². The number of likely N-dealkylation sites (tertiary alicyclic amines) is 1. The van der Waals surface area contributed by atoms with Crippen LogP contribution in [0.15, 0.2) is 28.8 Å². The minimum absolute atomic E-state index is 0.0675. The van der Waals surface area contributed by atoms with Crippen LogP contribution in [-0.4, -0.2) is 32.9 Å². The summed E-state index contributed by atoms with van der Waals surface area (Å²) in [5.74, 6) is 0.357. The van der Waals surface area contributed by atoms with E-state index in [2.05, 4.69) is 19.9 Å². The number of thiazole rings is 1. The van der Waals surface area contributed by atoms with E-state index in [1.54, 1.807) is 17.4 Å². The van der Waals surface area contributed by atoms with Gasteiger partial charge in [-0.1, -0.05) is 0 Å². The first-order valence-electron chi connectivity index (χ1n) is 6.46. The molecule has 5 nitrogen and oxygen atoms in total. The molecule has 0 unspecified atom stereocenters. The zero-order valence-electron chi connectivity index (χ0n) is 10.6. The molecule has 1 fully saturated rings. The van der Waals surface area contributed by atoms with Gasteiger partial charge in [-0.05, 0) is 19.4 Å². The van der Waals surface area contributed by atoms with Gasteiger partial charge in [0, 0.05) is 30.1 Å². The number of hydrogen-bond donors (Lipinski definition) is 1. The fraction of sp³-hybridized carbons (Fsp3) is 0.462. The van der Waals surface area contributed by atoms with E-state index in [4.69, 9.17) is 0 Å². The summed E-state index contributed by atoms with van der Waals surface area (Å²) in [5.41, 5.74) is 0.842. The maximum atomic E-state index is 11.4. The van der Waals surface area contributed by atoms with Crippen LogP contribution >= 0.6 is 11.3 Å². The van der Waals surface area contributed by atoms with Gasteiger partial charge >= 0.3 is 0 Å². The quantitative estimate of drug-likeness (QED) is 0.925. The fourth-order valence-electron chi connectivity index (χ4n) is 2.57. The van der Waals surface area contributed by atoms with Crippen LogP contribution in [0, 0.1) is 0 Å². The summed E-state index contributed by atoms with van der Waals surface area (Å²) in [6, 6.07) is 1.62. The van der Waals surface area contributed by atoms with Crippen LogP contribution < -0.4 is 5.56 Å². The molecule has 1 atom stereocenters. The third-order valence-electron chi connectivity index (χ3n) is 3.47. The Balaban J connectivity index is 1.69. The van der Waals surface area contributed by atoms with Gasteiger partial charge in [0.1, 0.15) is 5.01 Å². The second kappa shape index (κ2) is 5.63. The number of aromatic nitrogens is 3. The zero-order chi connectivity index (χ0) is 13.1. The fourth-order valence-corrected chi connectivity index (χ4v) is 3.23. The first-order chi connectivity index (χ1) is 9.31. The monoisotopic (exact) mass is 276 g/mol. The second-order valence-electron chi connectivity index (χ2n) is 4.84. The molecule has 0 saturated carbocycles. The molecule has 6 heteroatoms. The third-order valence-corrected chi connectivity index (χ3v) is 4.23. The Kier molecular flexibility index (Phi) is 3.70. The maximum Gasteiger partial charge on any atom is 0.250 e. The van der Waals surface area contributed by atoms with E-state index in [9.17, 15) is 4.79 Å². The molecule has 1 saturated heterocycles. The molecule has 1 aliphatic rings. The molecule has 1 aliphatic heterocycles. The van der Waals surface area contributed by atoms with Crippen molar-refractivity contribution in [3.05, 3.63) is 45.0 Å². The topological polar surface area (TPSA) is 61.9 Å². The van der Waals surface area contributed by atoms with E-state index in [1.165, 1.54) is 6.33 Å². The van der Waals surface area contributed by atoms with Gasteiger partial charge in [-0.25, -0.2) is 9.97 Å². The summed E-state index contributed by atoms with van der Waals surface area (Å²) < 4.78 is 0. The maximum absolute atomic E-state index is 11.4. The summed E-state index contributed by atoms with van der Waals surface area (Å²) in [5, 5.41) is 3.16. The van der Waals surface area contributed by atoms with Crippen LogP contribution in [0.2, 0.25) is 0 Å². The molecule has 3 heterocycles. The molecular formula is C13H16N4OS. The zero-order valence-corrected chi connectivity index (χ0v) is 11.4. The summed E-state index contributed by atoms with van der Waals surface area (Å²) in [6.45, 7) is 2.95. The Hall–Kier alpha value is -1.53. The summed E-state index contributed by atoms with van der Waals surface area (Å²) in [4.78, 5) is 24.9. The Morgan fingerprint density at radius 2 is 2.42 bits per heavy atom. The predicted molar refractivity (Wildman–Crippen MR) is 74.2 cm³/mol. The van der Waals surface area contributed by atoms with Gasteiger partial charge in [0.05, 0.1) is 18.6 Å². The molecule has 0 bridgehead atoms. The number of hydrogen-bond acceptors (Lipinski definition) is 5. The highest BCUT2D eigenvalue weighted by atomic mass is 32.1. The Morgan fingerprint density at radius 1 is 1.47 bits per heavy atom. The van der Waals surface area contributed by atoms with Crippen molar-refractivity contribution in [3.63, 3.8) is 0 Å². The van der Waals surface area contributed by atoms with Crippen molar-refractivity contribution in [2.45, 2.75) is 25.3 Å². The number of aromatic amines is 1. The van der Waals surface area contributed by atoms with Crippen molar-refractivity contribution in [2.24, 2.45) is 0 Å². The number of H-pyrrole nitrogens is 1. The van der Waals surface area contributed by atoms with Gasteiger partial charge < -0.3 is 4.98 Å². The minimum atomic E-state index is -0.0675. The lowest BCUT2D eigenvalue weighted by Gasteiger charge is -2.31. The Bertz CT molecular complexity index is 580. The van der Waals surface area contributed by atoms with Crippen molar-refractivity contribution >= 4 is 11.3 Å². The van der Waals surface area contributed by atoms with Crippen molar-refractivity contribution in [2.75, 3.05) is 13.1 Å². The molecule has 0 spiro atoms. The predicted octanol–water partition coefficient (Wildman–Crippen LogP) is 1.61. The lowest BCUT2D eigenvalue weighted by Crippen LogP contribution is -2.34. The first kappa shape index (κ1) is 12.5. The van der Waals surface area contributed by atoms with Gasteiger partial charge in [-0.2, -0.15) is 0 Å². The smallest absolute Gasteiger partial charge is 0.250 e. The average Bonchev–Trinajstić information content (AvgIpc) is 2.92. The van der Waals surface area contributed by atoms with E-state index in [0.717, 1.165) is 43.2 Å². The van der Waals surface area contributed by atoms with E-state index in [0.29, 0.717) is 5.92 Å². The molecule has 0 aromatic carbocycles. The summed E-state index contributed by atoms with van der Waals surface area (Å²) in [6.07, 6.45) is 5.59. The van der Waals surface area contributed by atoms with Crippen molar-refractivity contribution in [1.82, 2.24) is 19.9 Å². The van der Waals surface area contributed by atoms with E-state index >= 15 is 0 Å². The van der Waals surface area contributed by atoms with Crippen molar-refractivity contribution < 1.29 is 0 Å². The average molecular weight is 276 g/mol. The highest BCUT2D eigenvalue weighted by molar-refractivity contribution is 7.09. The number of piperidine rings is 1. The van der Waals surface area contributed by atoms with Gasteiger partial charge in [-0.15, -0.1) is 11.3 Å². The Labute approximate surface area is 115 Å². The molecule has 2 aromatic rings. The molecule has 2 aromatic heterocycles. The largest absolute Gasteiger partial charge is 0.313 e. The minimum Gasteiger partial charge on any atom is -0.313 e. The first-order valence-corrected chi connectivity index (χ1v) is 7.34. The highest BCUT2D eigenvalue weighted by Gasteiger charge is 2.23. The number of rotatable bonds is 3. The van der Waals surface area contributed by atoms with Gasteiger partial charge in [-0.3, -0.25) is 9.69 Å². The molecule has 0 aliphatic carbocycles. The Morgan fingerprint density at radius 3 is 3.21 bits per heavy atom. The van der Waals surface area contributed by atoms with Crippen LogP contribution in [0.4, 0.5) is 0 Å². The lowest BCUT2D eigenvalue weighted by atomic mass is 9.94. The molecule has 3 rings (SSSR count).